The molecule has 10 heteroatoms. The van der Waals surface area contributed by atoms with E-state index in [-0.39, 0.29) is 25.3 Å². The van der Waals surface area contributed by atoms with E-state index in [0.29, 0.717) is 0 Å². The summed E-state index contributed by atoms with van der Waals surface area (Å²) in [6.45, 7) is 8.42. The molecule has 1 atom stereocenters. The second kappa shape index (κ2) is 7.72. The Bertz CT molecular complexity index is 683. The summed E-state index contributed by atoms with van der Waals surface area (Å²) in [6, 6.07) is -0.418. The first-order valence-electron chi connectivity index (χ1n) is 8.31. The summed E-state index contributed by atoms with van der Waals surface area (Å²) in [6.07, 6.45) is 0.389. The van der Waals surface area contributed by atoms with Crippen LogP contribution >= 0.6 is 10.7 Å². The molecule has 1 aliphatic heterocycles. The van der Waals surface area contributed by atoms with Crippen molar-refractivity contribution < 1.29 is 27.5 Å². The van der Waals surface area contributed by atoms with Gasteiger partial charge in [0.1, 0.15) is 11.1 Å². The van der Waals surface area contributed by atoms with Crippen LogP contribution in [-0.4, -0.2) is 66.6 Å². The van der Waals surface area contributed by atoms with Crippen LogP contribution in [0.4, 0.5) is 4.79 Å². The Morgan fingerprint density at radius 3 is 2.19 bits per heavy atom. The highest BCUT2D eigenvalue weighted by atomic mass is 35.7. The van der Waals surface area contributed by atoms with Gasteiger partial charge >= 0.3 is 12.0 Å². The van der Waals surface area contributed by atoms with Gasteiger partial charge in [0.25, 0.3) is 5.91 Å². The van der Waals surface area contributed by atoms with E-state index in [9.17, 15) is 22.8 Å². The fraction of sp³-hybridized carbons (Fsp3) is 0.812. The minimum atomic E-state index is -3.91. The largest absolute Gasteiger partial charge is 0.460 e. The minimum absolute atomic E-state index is 0.0903. The second-order valence-electron chi connectivity index (χ2n) is 7.94. The van der Waals surface area contributed by atoms with Crippen molar-refractivity contribution >= 4 is 37.6 Å². The highest BCUT2D eigenvalue weighted by molar-refractivity contribution is 8.13. The van der Waals surface area contributed by atoms with Crippen LogP contribution in [0.1, 0.15) is 47.5 Å². The molecule has 150 valence electrons. The lowest BCUT2D eigenvalue weighted by Gasteiger charge is -2.24. The number of hydrogen-bond acceptors (Lipinski definition) is 6. The van der Waals surface area contributed by atoms with E-state index in [1.807, 2.05) is 0 Å². The van der Waals surface area contributed by atoms with Crippen molar-refractivity contribution in [2.45, 2.75) is 58.6 Å². The zero-order valence-corrected chi connectivity index (χ0v) is 17.6. The summed E-state index contributed by atoms with van der Waals surface area (Å²) in [5.74, 6) is -2.52. The van der Waals surface area contributed by atoms with Crippen LogP contribution in [0.5, 0.6) is 0 Å². The van der Waals surface area contributed by atoms with Crippen LogP contribution < -0.4 is 0 Å². The number of imide groups is 1. The lowest BCUT2D eigenvalue weighted by atomic mass is 10.0. The average molecular weight is 411 g/mol. The molecular weight excluding hydrogens is 384 g/mol. The molecule has 1 rings (SSSR count). The monoisotopic (exact) mass is 410 g/mol. The van der Waals surface area contributed by atoms with Gasteiger partial charge in [0.15, 0.2) is 0 Å². The van der Waals surface area contributed by atoms with Crippen LogP contribution in [0.2, 0.25) is 0 Å². The molecule has 3 amide bonds. The van der Waals surface area contributed by atoms with Crippen molar-refractivity contribution in [1.29, 1.82) is 0 Å². The Morgan fingerprint density at radius 1 is 1.27 bits per heavy atom. The molecule has 0 aromatic carbocycles. The zero-order chi connectivity index (χ0) is 20.5. The second-order valence-corrected chi connectivity index (χ2v) is 10.8. The maximum Gasteiger partial charge on any atom is 0.327 e. The number of likely N-dealkylation sites (N-methyl/N-ethyl adjacent to an activating group) is 1. The molecule has 0 aliphatic carbocycles. The Kier molecular flexibility index (Phi) is 6.74. The van der Waals surface area contributed by atoms with E-state index in [1.54, 1.807) is 41.7 Å². The summed E-state index contributed by atoms with van der Waals surface area (Å²) >= 11 is 0. The molecular formula is C16H27ClN2O6S. The Balaban J connectivity index is 2.77. The standard InChI is InChI=1S/C16H27ClN2O6S/c1-15(2,3)25-12(20)11(10-26(17,23)24)8-7-9-19-13(21)16(4,5)18(6)14(19)22/h11H,7-10H2,1-6H3. The maximum atomic E-state index is 12.3. The number of amides is 3. The predicted molar refractivity (Wildman–Crippen MR) is 97.2 cm³/mol. The van der Waals surface area contributed by atoms with E-state index in [2.05, 4.69) is 0 Å². The first kappa shape index (κ1) is 22.7. The number of urea groups is 1. The molecule has 1 heterocycles. The lowest BCUT2D eigenvalue weighted by molar-refractivity contribution is -0.159. The van der Waals surface area contributed by atoms with Gasteiger partial charge < -0.3 is 9.64 Å². The van der Waals surface area contributed by atoms with Crippen molar-refractivity contribution in [2.75, 3.05) is 19.3 Å². The quantitative estimate of drug-likeness (QED) is 0.361. The van der Waals surface area contributed by atoms with Crippen LogP contribution in [0.3, 0.4) is 0 Å². The highest BCUT2D eigenvalue weighted by Gasteiger charge is 2.48. The lowest BCUT2D eigenvalue weighted by Crippen LogP contribution is -2.41. The minimum Gasteiger partial charge on any atom is -0.460 e. The molecule has 0 spiro atoms. The molecule has 0 saturated carbocycles. The molecule has 26 heavy (non-hydrogen) atoms. The Morgan fingerprint density at radius 2 is 1.81 bits per heavy atom. The molecule has 0 N–H and O–H groups in total. The third kappa shape index (κ3) is 5.84. The van der Waals surface area contributed by atoms with Crippen LogP contribution in [0.15, 0.2) is 0 Å². The number of hydrogen-bond donors (Lipinski definition) is 0. The first-order valence-corrected chi connectivity index (χ1v) is 10.8. The summed E-state index contributed by atoms with van der Waals surface area (Å²) in [7, 11) is 2.93. The van der Waals surface area contributed by atoms with E-state index < -0.39 is 43.9 Å². The topological polar surface area (TPSA) is 101 Å². The Labute approximate surface area is 159 Å². The summed E-state index contributed by atoms with van der Waals surface area (Å²) in [4.78, 5) is 39.2. The van der Waals surface area contributed by atoms with Gasteiger partial charge in [0.05, 0.1) is 11.7 Å². The molecule has 0 radical (unpaired) electrons. The van der Waals surface area contributed by atoms with Crippen molar-refractivity contribution in [3.05, 3.63) is 0 Å². The van der Waals surface area contributed by atoms with Gasteiger partial charge in [-0.2, -0.15) is 0 Å². The van der Waals surface area contributed by atoms with Crippen LogP contribution in [0, 0.1) is 5.92 Å². The van der Waals surface area contributed by atoms with Gasteiger partial charge in [0, 0.05) is 24.3 Å². The third-order valence-corrected chi connectivity index (χ3v) is 5.38. The summed E-state index contributed by atoms with van der Waals surface area (Å²) in [5.41, 5.74) is -1.69. The molecule has 0 bridgehead atoms. The van der Waals surface area contributed by atoms with Gasteiger partial charge in [-0.3, -0.25) is 14.5 Å². The van der Waals surface area contributed by atoms with E-state index in [0.717, 1.165) is 4.90 Å². The zero-order valence-electron chi connectivity index (χ0n) is 16.0. The number of nitrogens with zero attached hydrogens (tertiary/aromatic N) is 2. The molecule has 1 aliphatic rings. The molecule has 1 saturated heterocycles. The van der Waals surface area contributed by atoms with Gasteiger partial charge in [-0.05, 0) is 47.5 Å². The van der Waals surface area contributed by atoms with Crippen LogP contribution in [-0.2, 0) is 23.4 Å². The molecule has 0 aromatic rings. The van der Waals surface area contributed by atoms with Crippen molar-refractivity contribution in [3.63, 3.8) is 0 Å². The number of halogens is 1. The smallest absolute Gasteiger partial charge is 0.327 e. The van der Waals surface area contributed by atoms with Gasteiger partial charge in [-0.1, -0.05) is 0 Å². The number of esters is 1. The summed E-state index contributed by atoms with van der Waals surface area (Å²) < 4.78 is 28.0. The number of ether oxygens (including phenoxy) is 1. The maximum absolute atomic E-state index is 12.3. The number of rotatable bonds is 7. The Hall–Kier alpha value is -1.35. The number of carbonyl (C=O) groups is 3. The van der Waals surface area contributed by atoms with Crippen molar-refractivity contribution in [3.8, 4) is 0 Å². The van der Waals surface area contributed by atoms with Gasteiger partial charge in [-0.15, -0.1) is 0 Å². The molecule has 8 nitrogen and oxygen atoms in total. The number of carbonyl (C=O) groups excluding carboxylic acids is 3. The molecule has 0 aromatic heterocycles. The third-order valence-electron chi connectivity index (χ3n) is 4.20. The van der Waals surface area contributed by atoms with Crippen molar-refractivity contribution in [2.24, 2.45) is 5.92 Å². The average Bonchev–Trinajstić information content (AvgIpc) is 2.57. The molecule has 1 fully saturated rings. The highest BCUT2D eigenvalue weighted by Crippen LogP contribution is 2.26. The fourth-order valence-electron chi connectivity index (χ4n) is 2.57. The van der Waals surface area contributed by atoms with Crippen molar-refractivity contribution in [1.82, 2.24) is 9.80 Å². The van der Waals surface area contributed by atoms with Gasteiger partial charge in [-0.25, -0.2) is 13.2 Å². The van der Waals surface area contributed by atoms with E-state index >= 15 is 0 Å². The molecule has 1 unspecified atom stereocenters. The first-order chi connectivity index (χ1) is 11.6. The SMILES string of the molecule is CN1C(=O)N(CCCC(CS(=O)(=O)Cl)C(=O)OC(C)(C)C)C(=O)C1(C)C. The normalized spacial score (nSPS) is 19.0. The van der Waals surface area contributed by atoms with Crippen LogP contribution in [0.25, 0.3) is 0 Å². The predicted octanol–water partition coefficient (Wildman–Crippen LogP) is 1.97. The summed E-state index contributed by atoms with van der Waals surface area (Å²) in [5, 5.41) is 0. The van der Waals surface area contributed by atoms with E-state index in [1.165, 1.54) is 4.90 Å². The fourth-order valence-corrected chi connectivity index (χ4v) is 3.81. The van der Waals surface area contributed by atoms with E-state index in [4.69, 9.17) is 15.4 Å². The van der Waals surface area contributed by atoms with Gasteiger partial charge in [0.2, 0.25) is 9.05 Å².